The second-order valence-corrected chi connectivity index (χ2v) is 6.22. The van der Waals surface area contributed by atoms with Crippen LogP contribution < -0.4 is 29.6 Å². The summed E-state index contributed by atoms with van der Waals surface area (Å²) in [5.74, 6) is 2.43. The van der Waals surface area contributed by atoms with Gasteiger partial charge in [0, 0.05) is 11.8 Å². The molecule has 8 heteroatoms. The van der Waals surface area contributed by atoms with Gasteiger partial charge in [-0.1, -0.05) is 6.07 Å². The number of benzene rings is 2. The Morgan fingerprint density at radius 3 is 2.35 bits per heavy atom. The Bertz CT molecular complexity index is 852. The molecule has 2 aromatic rings. The van der Waals surface area contributed by atoms with E-state index in [-0.39, 0.29) is 20.1 Å². The molecule has 0 aromatic heterocycles. The van der Waals surface area contributed by atoms with Crippen molar-refractivity contribution in [3.63, 3.8) is 0 Å². The second-order valence-electron chi connectivity index (χ2n) is 6.22. The zero-order valence-corrected chi connectivity index (χ0v) is 14.1. The van der Waals surface area contributed by atoms with Gasteiger partial charge in [0.05, 0.1) is 6.54 Å². The number of ether oxygens (including phenoxy) is 4. The first kappa shape index (κ1) is 16.3. The molecule has 4 rings (SSSR count). The number of carbonyl (C=O) groups is 1. The molecule has 1 unspecified atom stereocenters. The van der Waals surface area contributed by atoms with Gasteiger partial charge >= 0.3 is 6.03 Å². The van der Waals surface area contributed by atoms with Gasteiger partial charge in [-0.25, -0.2) is 4.79 Å². The van der Waals surface area contributed by atoms with Gasteiger partial charge in [0.1, 0.15) is 5.60 Å². The molecule has 1 atom stereocenters. The van der Waals surface area contributed by atoms with Gasteiger partial charge in [0.15, 0.2) is 23.0 Å². The molecule has 8 nitrogen and oxygen atoms in total. The molecule has 3 N–H and O–H groups in total. The van der Waals surface area contributed by atoms with E-state index in [1.165, 1.54) is 0 Å². The van der Waals surface area contributed by atoms with Crippen LogP contribution in [0.25, 0.3) is 0 Å². The minimum absolute atomic E-state index is 0.0169. The van der Waals surface area contributed by atoms with Gasteiger partial charge < -0.3 is 34.7 Å². The SMILES string of the molecule is CC(O)(CNC(=O)Nc1ccc2c(c1)OCO2)c1ccc2c(c1)OCO2. The lowest BCUT2D eigenvalue weighted by Gasteiger charge is -2.24. The molecule has 136 valence electrons. The van der Waals surface area contributed by atoms with Gasteiger partial charge in [0.2, 0.25) is 13.6 Å². The summed E-state index contributed by atoms with van der Waals surface area (Å²) in [6, 6.07) is 9.86. The molecule has 0 spiro atoms. The number of amides is 2. The van der Waals surface area contributed by atoms with Crippen molar-refractivity contribution >= 4 is 11.7 Å². The van der Waals surface area contributed by atoms with E-state index in [1.54, 1.807) is 43.3 Å². The van der Waals surface area contributed by atoms with E-state index in [2.05, 4.69) is 10.6 Å². The average molecular weight is 358 g/mol. The Labute approximate surface area is 149 Å². The van der Waals surface area contributed by atoms with E-state index in [0.29, 0.717) is 34.2 Å². The highest BCUT2D eigenvalue weighted by molar-refractivity contribution is 5.89. The quantitative estimate of drug-likeness (QED) is 0.775. The Kier molecular flexibility index (Phi) is 3.96. The van der Waals surface area contributed by atoms with E-state index in [4.69, 9.17) is 18.9 Å². The van der Waals surface area contributed by atoms with Crippen LogP contribution in [0.2, 0.25) is 0 Å². The van der Waals surface area contributed by atoms with Crippen LogP contribution in [0, 0.1) is 0 Å². The van der Waals surface area contributed by atoms with Crippen LogP contribution in [0.3, 0.4) is 0 Å². The maximum atomic E-state index is 12.1. The lowest BCUT2D eigenvalue weighted by atomic mass is 9.95. The van der Waals surface area contributed by atoms with Crippen molar-refractivity contribution in [3.05, 3.63) is 42.0 Å². The van der Waals surface area contributed by atoms with E-state index in [9.17, 15) is 9.90 Å². The lowest BCUT2D eigenvalue weighted by molar-refractivity contribution is 0.0597. The summed E-state index contributed by atoms with van der Waals surface area (Å²) in [6.45, 7) is 1.97. The summed E-state index contributed by atoms with van der Waals surface area (Å²) in [5, 5.41) is 16.0. The van der Waals surface area contributed by atoms with Crippen LogP contribution in [0.5, 0.6) is 23.0 Å². The summed E-state index contributed by atoms with van der Waals surface area (Å²) < 4.78 is 21.1. The number of fused-ring (bicyclic) bond motifs is 2. The number of carbonyl (C=O) groups excluding carboxylic acids is 1. The Hall–Kier alpha value is -3.13. The standard InChI is InChI=1S/C18H18N2O6/c1-18(22,11-2-4-13-15(6-11)25-9-23-13)8-19-17(21)20-12-3-5-14-16(7-12)26-10-24-14/h2-7,22H,8-10H2,1H3,(H2,19,20,21). The number of aliphatic hydroxyl groups is 1. The molecule has 2 amide bonds. The Morgan fingerprint density at radius 1 is 1.00 bits per heavy atom. The minimum atomic E-state index is -1.27. The van der Waals surface area contributed by atoms with Crippen molar-refractivity contribution < 1.29 is 28.8 Å². The zero-order chi connectivity index (χ0) is 18.1. The first-order chi connectivity index (χ1) is 12.5. The van der Waals surface area contributed by atoms with Gasteiger partial charge in [-0.2, -0.15) is 0 Å². The van der Waals surface area contributed by atoms with Crippen molar-refractivity contribution in [2.75, 3.05) is 25.4 Å². The Morgan fingerprint density at radius 2 is 1.62 bits per heavy atom. The van der Waals surface area contributed by atoms with Gasteiger partial charge in [-0.3, -0.25) is 0 Å². The molecular weight excluding hydrogens is 340 g/mol. The smallest absolute Gasteiger partial charge is 0.319 e. The maximum Gasteiger partial charge on any atom is 0.319 e. The van der Waals surface area contributed by atoms with Crippen LogP contribution in [0.15, 0.2) is 36.4 Å². The molecule has 0 bridgehead atoms. The topological polar surface area (TPSA) is 98.3 Å². The van der Waals surface area contributed by atoms with Crippen molar-refractivity contribution in [3.8, 4) is 23.0 Å². The molecule has 2 heterocycles. The third kappa shape index (κ3) is 3.18. The summed E-state index contributed by atoms with van der Waals surface area (Å²) in [5.41, 5.74) is -0.0904. The minimum Gasteiger partial charge on any atom is -0.454 e. The van der Waals surface area contributed by atoms with Crippen LogP contribution in [-0.4, -0.2) is 31.3 Å². The maximum absolute atomic E-state index is 12.1. The molecule has 2 aromatic carbocycles. The molecular formula is C18H18N2O6. The number of nitrogens with one attached hydrogen (secondary N) is 2. The normalized spacial score (nSPS) is 16.1. The summed E-state index contributed by atoms with van der Waals surface area (Å²) >= 11 is 0. The third-order valence-electron chi connectivity index (χ3n) is 4.22. The molecule has 2 aliphatic heterocycles. The zero-order valence-electron chi connectivity index (χ0n) is 14.1. The fraction of sp³-hybridized carbons (Fsp3) is 0.278. The first-order valence-electron chi connectivity index (χ1n) is 8.08. The number of anilines is 1. The highest BCUT2D eigenvalue weighted by Crippen LogP contribution is 2.36. The fourth-order valence-corrected chi connectivity index (χ4v) is 2.74. The molecule has 2 aliphatic rings. The van der Waals surface area contributed by atoms with Crippen molar-refractivity contribution in [2.24, 2.45) is 0 Å². The monoisotopic (exact) mass is 358 g/mol. The van der Waals surface area contributed by atoms with Crippen LogP contribution in [-0.2, 0) is 5.60 Å². The number of hydrogen-bond donors (Lipinski definition) is 3. The van der Waals surface area contributed by atoms with Gasteiger partial charge in [-0.15, -0.1) is 0 Å². The molecule has 0 saturated heterocycles. The molecule has 0 radical (unpaired) electrons. The molecule has 0 saturated carbocycles. The Balaban J connectivity index is 1.37. The van der Waals surface area contributed by atoms with Crippen LogP contribution in [0.4, 0.5) is 10.5 Å². The predicted molar refractivity (Wildman–Crippen MR) is 91.7 cm³/mol. The molecule has 0 fully saturated rings. The van der Waals surface area contributed by atoms with Crippen LogP contribution in [0.1, 0.15) is 12.5 Å². The summed E-state index contributed by atoms with van der Waals surface area (Å²) in [7, 11) is 0. The highest BCUT2D eigenvalue weighted by Gasteiger charge is 2.26. The van der Waals surface area contributed by atoms with Gasteiger partial charge in [0.25, 0.3) is 0 Å². The summed E-state index contributed by atoms with van der Waals surface area (Å²) in [4.78, 5) is 12.1. The number of hydrogen-bond acceptors (Lipinski definition) is 6. The van der Waals surface area contributed by atoms with Crippen molar-refractivity contribution in [1.29, 1.82) is 0 Å². The molecule has 26 heavy (non-hydrogen) atoms. The number of rotatable bonds is 4. The largest absolute Gasteiger partial charge is 0.454 e. The second kappa shape index (κ2) is 6.30. The first-order valence-corrected chi connectivity index (χ1v) is 8.08. The third-order valence-corrected chi connectivity index (χ3v) is 4.22. The van der Waals surface area contributed by atoms with E-state index in [1.807, 2.05) is 0 Å². The van der Waals surface area contributed by atoms with Crippen molar-refractivity contribution in [1.82, 2.24) is 5.32 Å². The lowest BCUT2D eigenvalue weighted by Crippen LogP contribution is -2.40. The predicted octanol–water partition coefficient (Wildman–Crippen LogP) is 2.17. The van der Waals surface area contributed by atoms with Crippen molar-refractivity contribution in [2.45, 2.75) is 12.5 Å². The van der Waals surface area contributed by atoms with E-state index < -0.39 is 11.6 Å². The average Bonchev–Trinajstić information content (AvgIpc) is 3.27. The van der Waals surface area contributed by atoms with E-state index in [0.717, 1.165) is 0 Å². The fourth-order valence-electron chi connectivity index (χ4n) is 2.74. The molecule has 0 aliphatic carbocycles. The van der Waals surface area contributed by atoms with E-state index >= 15 is 0 Å². The van der Waals surface area contributed by atoms with Gasteiger partial charge in [-0.05, 0) is 36.8 Å². The van der Waals surface area contributed by atoms with Crippen LogP contribution >= 0.6 is 0 Å². The number of urea groups is 1. The highest BCUT2D eigenvalue weighted by atomic mass is 16.7. The summed E-state index contributed by atoms with van der Waals surface area (Å²) in [6.07, 6.45) is 0.